The van der Waals surface area contributed by atoms with E-state index in [0.717, 1.165) is 0 Å². The number of ether oxygens (including phenoxy) is 2. The molecule has 0 aromatic rings. The van der Waals surface area contributed by atoms with Crippen LogP contribution in [0.4, 0.5) is 0 Å². The fourth-order valence-electron chi connectivity index (χ4n) is 1.82. The van der Waals surface area contributed by atoms with E-state index in [1.165, 1.54) is 0 Å². The van der Waals surface area contributed by atoms with Gasteiger partial charge in [-0.05, 0) is 32.0 Å². The molecule has 0 bridgehead atoms. The summed E-state index contributed by atoms with van der Waals surface area (Å²) in [5.41, 5.74) is 0. The highest BCUT2D eigenvalue weighted by atomic mass is 28.4. The number of rotatable bonds is 4. The first-order valence-corrected chi connectivity index (χ1v) is 9.82. The van der Waals surface area contributed by atoms with Gasteiger partial charge in [0.15, 0.2) is 14.1 Å². The van der Waals surface area contributed by atoms with E-state index in [0.29, 0.717) is 13.0 Å². The number of terminal acetylenes is 1. The van der Waals surface area contributed by atoms with Gasteiger partial charge in [0.05, 0.1) is 12.7 Å². The maximum Gasteiger partial charge on any atom is 0.192 e. The van der Waals surface area contributed by atoms with Crippen molar-refractivity contribution in [1.82, 2.24) is 0 Å². The smallest absolute Gasteiger partial charge is 0.192 e. The van der Waals surface area contributed by atoms with Gasteiger partial charge in [-0.1, -0.05) is 20.8 Å². The molecule has 1 fully saturated rings. The van der Waals surface area contributed by atoms with Gasteiger partial charge in [0.2, 0.25) is 0 Å². The van der Waals surface area contributed by atoms with Crippen molar-refractivity contribution in [3.63, 3.8) is 0 Å². The molecule has 2 atom stereocenters. The van der Waals surface area contributed by atoms with E-state index in [-0.39, 0.29) is 17.2 Å². The minimum absolute atomic E-state index is 0.0693. The van der Waals surface area contributed by atoms with Gasteiger partial charge in [0, 0.05) is 6.42 Å². The normalized spacial score (nSPS) is 25.1. The Labute approximate surface area is 119 Å². The first-order valence-electron chi connectivity index (χ1n) is 6.91. The minimum Gasteiger partial charge on any atom is -0.410 e. The van der Waals surface area contributed by atoms with Crippen LogP contribution in [-0.4, -0.2) is 32.9 Å². The van der Waals surface area contributed by atoms with Gasteiger partial charge in [-0.3, -0.25) is 0 Å². The Bertz CT molecular complexity index is 349. The molecule has 0 aromatic heterocycles. The third-order valence-corrected chi connectivity index (χ3v) is 8.52. The summed E-state index contributed by atoms with van der Waals surface area (Å²) < 4.78 is 17.9. The lowest BCUT2D eigenvalue weighted by molar-refractivity contribution is -0.149. The molecule has 1 aliphatic rings. The summed E-state index contributed by atoms with van der Waals surface area (Å²) in [6.07, 6.45) is 5.90. The third kappa shape index (κ3) is 4.32. The van der Waals surface area contributed by atoms with Gasteiger partial charge >= 0.3 is 0 Å². The molecule has 1 rings (SSSR count). The Morgan fingerprint density at radius 1 is 1.42 bits per heavy atom. The van der Waals surface area contributed by atoms with Crippen LogP contribution in [0.25, 0.3) is 0 Å². The van der Waals surface area contributed by atoms with Crippen LogP contribution >= 0.6 is 0 Å². The maximum atomic E-state index is 6.41. The molecule has 0 N–H and O–H groups in total. The fourth-order valence-corrected chi connectivity index (χ4v) is 3.16. The van der Waals surface area contributed by atoms with Crippen molar-refractivity contribution in [2.45, 2.75) is 77.2 Å². The molecule has 3 nitrogen and oxygen atoms in total. The van der Waals surface area contributed by atoms with Crippen LogP contribution in [-0.2, 0) is 13.9 Å². The Kier molecular flexibility index (Phi) is 4.90. The second kappa shape index (κ2) is 5.57. The molecule has 19 heavy (non-hydrogen) atoms. The average molecular weight is 284 g/mol. The molecular weight excluding hydrogens is 256 g/mol. The molecule has 110 valence electrons. The lowest BCUT2D eigenvalue weighted by Crippen LogP contribution is -2.47. The maximum absolute atomic E-state index is 6.41. The van der Waals surface area contributed by atoms with Gasteiger partial charge in [-0.2, -0.15) is 0 Å². The molecule has 0 aromatic carbocycles. The Morgan fingerprint density at radius 2 is 2.00 bits per heavy atom. The van der Waals surface area contributed by atoms with Crippen molar-refractivity contribution in [1.29, 1.82) is 0 Å². The van der Waals surface area contributed by atoms with Crippen LogP contribution in [0.15, 0.2) is 0 Å². The van der Waals surface area contributed by atoms with Crippen LogP contribution in [0.3, 0.4) is 0 Å². The van der Waals surface area contributed by atoms with E-state index in [1.807, 2.05) is 13.8 Å². The topological polar surface area (TPSA) is 27.7 Å². The lowest BCUT2D eigenvalue weighted by Gasteiger charge is -2.40. The van der Waals surface area contributed by atoms with Crippen molar-refractivity contribution in [2.75, 3.05) is 6.61 Å². The molecule has 1 saturated heterocycles. The van der Waals surface area contributed by atoms with Crippen LogP contribution in [0, 0.1) is 12.3 Å². The summed E-state index contributed by atoms with van der Waals surface area (Å²) in [4.78, 5) is 0. The molecule has 0 spiro atoms. The zero-order chi connectivity index (χ0) is 14.9. The molecule has 0 saturated carbocycles. The second-order valence-electron chi connectivity index (χ2n) is 7.19. The van der Waals surface area contributed by atoms with Crippen LogP contribution in [0.2, 0.25) is 18.1 Å². The summed E-state index contributed by atoms with van der Waals surface area (Å²) in [6.45, 7) is 15.5. The van der Waals surface area contributed by atoms with Crippen LogP contribution in [0.5, 0.6) is 0 Å². The molecule has 0 amide bonds. The number of hydrogen-bond donors (Lipinski definition) is 0. The van der Waals surface area contributed by atoms with Gasteiger partial charge in [0.1, 0.15) is 6.10 Å². The van der Waals surface area contributed by atoms with Crippen molar-refractivity contribution < 1.29 is 13.9 Å². The summed E-state index contributed by atoms with van der Waals surface area (Å²) in [7, 11) is -1.85. The molecule has 4 heteroatoms. The van der Waals surface area contributed by atoms with E-state index in [4.69, 9.17) is 20.3 Å². The first kappa shape index (κ1) is 16.7. The predicted molar refractivity (Wildman–Crippen MR) is 80.4 cm³/mol. The van der Waals surface area contributed by atoms with E-state index in [1.54, 1.807) is 0 Å². The second-order valence-corrected chi connectivity index (χ2v) is 11.9. The largest absolute Gasteiger partial charge is 0.410 e. The summed E-state index contributed by atoms with van der Waals surface area (Å²) in [5.74, 6) is 2.17. The van der Waals surface area contributed by atoms with Crippen LogP contribution in [0.1, 0.15) is 41.0 Å². The van der Waals surface area contributed by atoms with Gasteiger partial charge in [-0.15, -0.1) is 12.3 Å². The average Bonchev–Trinajstić information content (AvgIpc) is 2.56. The standard InChI is InChI=1S/C15H28O3Si/c1-9-10-12(13-11-16-15(5,6)17-13)18-19(7,8)14(2,3)4/h1,12-13H,10-11H2,2-8H3/t12-,13+/m1/s1. The van der Waals surface area contributed by atoms with Crippen molar-refractivity contribution in [3.8, 4) is 12.3 Å². The van der Waals surface area contributed by atoms with Crippen LogP contribution < -0.4 is 0 Å². The fraction of sp³-hybridized carbons (Fsp3) is 0.867. The van der Waals surface area contributed by atoms with Crippen molar-refractivity contribution >= 4 is 8.32 Å². The quantitative estimate of drug-likeness (QED) is 0.583. The SMILES string of the molecule is C#CC[C@@H](O[Si](C)(C)C(C)(C)C)[C@@H]1COC(C)(C)O1. The highest BCUT2D eigenvalue weighted by Crippen LogP contribution is 2.39. The van der Waals surface area contributed by atoms with E-state index >= 15 is 0 Å². The van der Waals surface area contributed by atoms with E-state index in [9.17, 15) is 0 Å². The molecule has 1 heterocycles. The molecular formula is C15H28O3Si. The predicted octanol–water partition coefficient (Wildman–Crippen LogP) is 3.55. The molecule has 0 aliphatic carbocycles. The van der Waals surface area contributed by atoms with E-state index in [2.05, 4.69) is 39.8 Å². The summed E-state index contributed by atoms with van der Waals surface area (Å²) in [5, 5.41) is 0.162. The van der Waals surface area contributed by atoms with Crippen molar-refractivity contribution in [3.05, 3.63) is 0 Å². The summed E-state index contributed by atoms with van der Waals surface area (Å²) >= 11 is 0. The van der Waals surface area contributed by atoms with Gasteiger partial charge in [-0.25, -0.2) is 0 Å². The van der Waals surface area contributed by atoms with Gasteiger partial charge < -0.3 is 13.9 Å². The lowest BCUT2D eigenvalue weighted by atomic mass is 10.1. The van der Waals surface area contributed by atoms with Crippen molar-refractivity contribution in [2.24, 2.45) is 0 Å². The third-order valence-electron chi connectivity index (χ3n) is 4.02. The monoisotopic (exact) mass is 284 g/mol. The van der Waals surface area contributed by atoms with E-state index < -0.39 is 14.1 Å². The first-order chi connectivity index (χ1) is 8.48. The highest BCUT2D eigenvalue weighted by molar-refractivity contribution is 6.74. The minimum atomic E-state index is -1.85. The molecule has 0 radical (unpaired) electrons. The molecule has 1 aliphatic heterocycles. The Balaban J connectivity index is 2.78. The highest BCUT2D eigenvalue weighted by Gasteiger charge is 2.44. The molecule has 0 unspecified atom stereocenters. The van der Waals surface area contributed by atoms with Gasteiger partial charge in [0.25, 0.3) is 0 Å². The number of hydrogen-bond acceptors (Lipinski definition) is 3. The zero-order valence-electron chi connectivity index (χ0n) is 13.4. The summed E-state index contributed by atoms with van der Waals surface area (Å²) in [6, 6.07) is 0. The zero-order valence-corrected chi connectivity index (χ0v) is 14.4. The Hall–Kier alpha value is -0.343. The Morgan fingerprint density at radius 3 is 2.37 bits per heavy atom.